The Hall–Kier alpha value is -2.58. The maximum absolute atomic E-state index is 12.8. The average molecular weight is 427 g/mol. The number of aromatic nitrogens is 2. The van der Waals surface area contributed by atoms with E-state index in [1.54, 1.807) is 11.0 Å². The van der Waals surface area contributed by atoms with Gasteiger partial charge in [0.15, 0.2) is 0 Å². The third kappa shape index (κ3) is 4.23. The van der Waals surface area contributed by atoms with Crippen LogP contribution in [0.2, 0.25) is 0 Å². The molecule has 4 rings (SSSR count). The number of amides is 2. The zero-order chi connectivity index (χ0) is 20.4. The molecule has 0 bridgehead atoms. The summed E-state index contributed by atoms with van der Waals surface area (Å²) in [6, 6.07) is 11.4. The highest BCUT2D eigenvalue weighted by molar-refractivity contribution is 7.18. The largest absolute Gasteiger partial charge is 0.326 e. The molecule has 8 heteroatoms. The Labute approximate surface area is 177 Å². The number of carbonyl (C=O) groups is 2. The van der Waals surface area contributed by atoms with Crippen LogP contribution in [0, 0.1) is 0 Å². The lowest BCUT2D eigenvalue weighted by Gasteiger charge is -2.22. The highest BCUT2D eigenvalue weighted by Gasteiger charge is 2.35. The van der Waals surface area contributed by atoms with Gasteiger partial charge in [0, 0.05) is 12.1 Å². The Morgan fingerprint density at radius 3 is 2.66 bits per heavy atom. The van der Waals surface area contributed by atoms with Crippen LogP contribution < -0.4 is 5.32 Å². The molecule has 0 saturated carbocycles. The molecule has 1 fully saturated rings. The lowest BCUT2D eigenvalue weighted by atomic mass is 10.0. The van der Waals surface area contributed by atoms with Crippen molar-refractivity contribution in [1.82, 2.24) is 15.1 Å². The van der Waals surface area contributed by atoms with E-state index >= 15 is 0 Å². The summed E-state index contributed by atoms with van der Waals surface area (Å²) in [5.41, 5.74) is 2.24. The Balaban J connectivity index is 1.44. The molecule has 6 nitrogen and oxygen atoms in total. The first-order valence-corrected chi connectivity index (χ1v) is 11.3. The molecule has 29 heavy (non-hydrogen) atoms. The maximum atomic E-state index is 12.8. The molecule has 1 saturated heterocycles. The van der Waals surface area contributed by atoms with Crippen molar-refractivity contribution >= 4 is 39.6 Å². The molecule has 0 radical (unpaired) electrons. The Bertz CT molecular complexity index is 996. The lowest BCUT2D eigenvalue weighted by molar-refractivity contribution is -0.119. The van der Waals surface area contributed by atoms with E-state index in [4.69, 9.17) is 0 Å². The number of hydrogen-bond donors (Lipinski definition) is 1. The van der Waals surface area contributed by atoms with Crippen LogP contribution in [0.3, 0.4) is 0 Å². The number of thiophene rings is 1. The zero-order valence-corrected chi connectivity index (χ0v) is 17.9. The molecular weight excluding hydrogens is 404 g/mol. The topological polar surface area (TPSA) is 75.2 Å². The van der Waals surface area contributed by atoms with Gasteiger partial charge < -0.3 is 4.90 Å². The quantitative estimate of drug-likeness (QED) is 0.645. The van der Waals surface area contributed by atoms with Gasteiger partial charge in [-0.2, -0.15) is 0 Å². The number of carbonyl (C=O) groups excluding carboxylic acids is 2. The molecule has 1 atom stereocenters. The molecule has 2 amide bonds. The van der Waals surface area contributed by atoms with Gasteiger partial charge >= 0.3 is 0 Å². The van der Waals surface area contributed by atoms with Crippen LogP contribution in [-0.4, -0.2) is 39.5 Å². The first-order valence-electron chi connectivity index (χ1n) is 9.62. The van der Waals surface area contributed by atoms with Gasteiger partial charge in [-0.15, -0.1) is 21.5 Å². The number of nitrogens with one attached hydrogen (secondary N) is 1. The minimum atomic E-state index is -0.470. The summed E-state index contributed by atoms with van der Waals surface area (Å²) in [6.45, 7) is 4.91. The van der Waals surface area contributed by atoms with Crippen molar-refractivity contribution in [1.29, 1.82) is 0 Å². The molecule has 150 valence electrons. The third-order valence-corrected chi connectivity index (χ3v) is 6.77. The van der Waals surface area contributed by atoms with Gasteiger partial charge in [0.1, 0.15) is 11.0 Å². The number of rotatable bonds is 5. The van der Waals surface area contributed by atoms with Crippen molar-refractivity contribution in [3.63, 3.8) is 0 Å². The smallest absolute Gasteiger partial charge is 0.264 e. The number of nitrogens with zero attached hydrogens (tertiary/aromatic N) is 3. The fourth-order valence-electron chi connectivity index (χ4n) is 3.41. The van der Waals surface area contributed by atoms with Gasteiger partial charge in [0.05, 0.1) is 4.88 Å². The molecule has 3 heterocycles. The second-order valence-corrected chi connectivity index (χ2v) is 9.24. The predicted molar refractivity (Wildman–Crippen MR) is 116 cm³/mol. The molecule has 1 aliphatic rings. The highest BCUT2D eigenvalue weighted by Crippen LogP contribution is 2.29. The summed E-state index contributed by atoms with van der Waals surface area (Å²) < 4.78 is 0. The van der Waals surface area contributed by atoms with Crippen molar-refractivity contribution in [3.05, 3.63) is 52.2 Å². The summed E-state index contributed by atoms with van der Waals surface area (Å²) in [6.07, 6.45) is 1.48. The van der Waals surface area contributed by atoms with Gasteiger partial charge in [0.25, 0.3) is 5.91 Å². The summed E-state index contributed by atoms with van der Waals surface area (Å²) in [5, 5.41) is 14.3. The molecule has 2 aromatic heterocycles. The lowest BCUT2D eigenvalue weighted by Crippen LogP contribution is -2.42. The minimum absolute atomic E-state index is 0.0826. The monoisotopic (exact) mass is 426 g/mol. The Morgan fingerprint density at radius 2 is 1.97 bits per heavy atom. The van der Waals surface area contributed by atoms with Gasteiger partial charge in [-0.1, -0.05) is 55.5 Å². The van der Waals surface area contributed by atoms with Crippen LogP contribution in [0.1, 0.15) is 47.8 Å². The van der Waals surface area contributed by atoms with Crippen molar-refractivity contribution < 1.29 is 9.59 Å². The molecule has 0 aliphatic carbocycles. The predicted octanol–water partition coefficient (Wildman–Crippen LogP) is 4.63. The third-order valence-electron chi connectivity index (χ3n) is 5.03. The number of benzene rings is 1. The van der Waals surface area contributed by atoms with Crippen LogP contribution in [0.4, 0.5) is 5.13 Å². The van der Waals surface area contributed by atoms with Crippen molar-refractivity contribution in [2.24, 2.45) is 0 Å². The van der Waals surface area contributed by atoms with Crippen molar-refractivity contribution in [3.8, 4) is 10.6 Å². The van der Waals surface area contributed by atoms with Gasteiger partial charge in [-0.05, 0) is 35.8 Å². The maximum Gasteiger partial charge on any atom is 0.264 e. The van der Waals surface area contributed by atoms with Crippen LogP contribution in [0.5, 0.6) is 0 Å². The first kappa shape index (κ1) is 19.7. The van der Waals surface area contributed by atoms with Crippen molar-refractivity contribution in [2.75, 3.05) is 11.9 Å². The Morgan fingerprint density at radius 1 is 1.17 bits per heavy atom. The van der Waals surface area contributed by atoms with E-state index in [0.717, 1.165) is 17.0 Å². The van der Waals surface area contributed by atoms with E-state index in [-0.39, 0.29) is 11.8 Å². The second-order valence-electron chi connectivity index (χ2n) is 7.31. The minimum Gasteiger partial charge on any atom is -0.326 e. The van der Waals surface area contributed by atoms with E-state index in [9.17, 15) is 9.59 Å². The fraction of sp³-hybridized carbons (Fsp3) is 0.333. The van der Waals surface area contributed by atoms with E-state index < -0.39 is 6.04 Å². The summed E-state index contributed by atoms with van der Waals surface area (Å²) in [5.74, 6) is 0.186. The normalized spacial score (nSPS) is 16.4. The SMILES string of the molecule is CC(C)c1ccc(-c2nnc(NC(=O)[C@@H]3CCCN3C(=O)c3cccs3)s2)cc1. The number of anilines is 1. The molecule has 1 aliphatic heterocycles. The van der Waals surface area contributed by atoms with Crippen LogP contribution >= 0.6 is 22.7 Å². The summed E-state index contributed by atoms with van der Waals surface area (Å²) in [7, 11) is 0. The standard InChI is InChI=1S/C21H22N4O2S2/c1-13(2)14-7-9-15(10-8-14)19-23-24-21(29-19)22-18(26)16-5-3-11-25(16)20(27)17-6-4-12-28-17/h4,6-10,12-13,16H,3,5,11H2,1-2H3,(H,22,24,26)/t16-/m0/s1. The van der Waals surface area contributed by atoms with E-state index in [1.165, 1.54) is 28.2 Å². The van der Waals surface area contributed by atoms with E-state index in [0.29, 0.717) is 28.9 Å². The second kappa shape index (κ2) is 8.42. The van der Waals surface area contributed by atoms with E-state index in [1.807, 2.05) is 23.6 Å². The van der Waals surface area contributed by atoms with Crippen LogP contribution in [-0.2, 0) is 4.79 Å². The number of likely N-dealkylation sites (tertiary alicyclic amines) is 1. The van der Waals surface area contributed by atoms with Gasteiger partial charge in [-0.3, -0.25) is 14.9 Å². The molecule has 0 unspecified atom stereocenters. The molecular formula is C21H22N4O2S2. The van der Waals surface area contributed by atoms with Crippen LogP contribution in [0.15, 0.2) is 41.8 Å². The zero-order valence-electron chi connectivity index (χ0n) is 16.3. The average Bonchev–Trinajstić information content (AvgIpc) is 3.48. The summed E-state index contributed by atoms with van der Waals surface area (Å²) in [4.78, 5) is 27.8. The van der Waals surface area contributed by atoms with E-state index in [2.05, 4.69) is 41.5 Å². The van der Waals surface area contributed by atoms with Gasteiger partial charge in [-0.25, -0.2) is 0 Å². The molecule has 0 spiro atoms. The molecule has 1 N–H and O–H groups in total. The first-order chi connectivity index (χ1) is 14.0. The van der Waals surface area contributed by atoms with Crippen molar-refractivity contribution in [2.45, 2.75) is 38.6 Å². The summed E-state index contributed by atoms with van der Waals surface area (Å²) >= 11 is 2.74. The number of hydrogen-bond acceptors (Lipinski definition) is 6. The van der Waals surface area contributed by atoms with Gasteiger partial charge in [0.2, 0.25) is 11.0 Å². The van der Waals surface area contributed by atoms with Crippen LogP contribution in [0.25, 0.3) is 10.6 Å². The Kier molecular flexibility index (Phi) is 5.73. The molecule has 3 aromatic rings. The molecule has 1 aromatic carbocycles. The fourth-order valence-corrected chi connectivity index (χ4v) is 4.84. The highest BCUT2D eigenvalue weighted by atomic mass is 32.1.